The summed E-state index contributed by atoms with van der Waals surface area (Å²) in [4.78, 5) is 3.92. The summed E-state index contributed by atoms with van der Waals surface area (Å²) >= 11 is 0. The third-order valence-corrected chi connectivity index (χ3v) is 4.08. The van der Waals surface area contributed by atoms with E-state index in [1.165, 1.54) is 6.20 Å². The molecule has 0 bridgehead atoms. The van der Waals surface area contributed by atoms with E-state index in [2.05, 4.69) is 9.71 Å². The third kappa shape index (κ3) is 4.06. The molecule has 0 atom stereocenters. The average molecular weight is 276 g/mol. The Labute approximate surface area is 113 Å². The van der Waals surface area contributed by atoms with Crippen molar-refractivity contribution < 1.29 is 8.42 Å². The lowest BCUT2D eigenvalue weighted by atomic mass is 10.2. The van der Waals surface area contributed by atoms with E-state index in [9.17, 15) is 8.42 Å². The van der Waals surface area contributed by atoms with Gasteiger partial charge in [0.25, 0.3) is 0 Å². The van der Waals surface area contributed by atoms with Crippen molar-refractivity contribution in [3.63, 3.8) is 0 Å². The van der Waals surface area contributed by atoms with E-state index in [0.29, 0.717) is 12.1 Å². The Morgan fingerprint density at radius 1 is 1.16 bits per heavy atom. The average Bonchev–Trinajstić information content (AvgIpc) is 2.40. The number of pyridine rings is 1. The van der Waals surface area contributed by atoms with Gasteiger partial charge in [0.1, 0.15) is 0 Å². The Morgan fingerprint density at radius 2 is 1.89 bits per heavy atom. The van der Waals surface area contributed by atoms with Crippen LogP contribution >= 0.6 is 0 Å². The first-order valence-corrected chi connectivity index (χ1v) is 7.67. The SMILES string of the molecule is Cc1ccncc1NS(=O)(=O)CCc1ccccc1. The van der Waals surface area contributed by atoms with Crippen LogP contribution in [0.2, 0.25) is 0 Å². The van der Waals surface area contributed by atoms with Crippen molar-refractivity contribution in [3.05, 3.63) is 59.9 Å². The number of rotatable bonds is 5. The van der Waals surface area contributed by atoms with Gasteiger partial charge in [-0.3, -0.25) is 9.71 Å². The molecule has 0 aliphatic rings. The zero-order valence-corrected chi connectivity index (χ0v) is 11.5. The van der Waals surface area contributed by atoms with Crippen LogP contribution in [0.4, 0.5) is 5.69 Å². The largest absolute Gasteiger partial charge is 0.282 e. The van der Waals surface area contributed by atoms with Gasteiger partial charge in [-0.15, -0.1) is 0 Å². The first kappa shape index (κ1) is 13.5. The van der Waals surface area contributed by atoms with Crippen molar-refractivity contribution in [3.8, 4) is 0 Å². The number of sulfonamides is 1. The molecule has 5 heteroatoms. The van der Waals surface area contributed by atoms with Gasteiger partial charge in [0.05, 0.1) is 17.6 Å². The molecular formula is C14H16N2O2S. The Kier molecular flexibility index (Phi) is 4.16. The van der Waals surface area contributed by atoms with Gasteiger partial charge in [-0.1, -0.05) is 30.3 Å². The molecule has 1 heterocycles. The third-order valence-electron chi connectivity index (χ3n) is 2.81. The van der Waals surface area contributed by atoms with Crippen LogP contribution in [0, 0.1) is 6.92 Å². The molecule has 19 heavy (non-hydrogen) atoms. The van der Waals surface area contributed by atoms with Crippen LogP contribution in [0.1, 0.15) is 11.1 Å². The summed E-state index contributed by atoms with van der Waals surface area (Å²) in [5, 5.41) is 0. The highest BCUT2D eigenvalue weighted by molar-refractivity contribution is 7.92. The molecule has 0 aliphatic heterocycles. The maximum absolute atomic E-state index is 12.0. The van der Waals surface area contributed by atoms with Crippen LogP contribution in [0.3, 0.4) is 0 Å². The first-order valence-electron chi connectivity index (χ1n) is 6.02. The quantitative estimate of drug-likeness (QED) is 0.912. The number of hydrogen-bond acceptors (Lipinski definition) is 3. The van der Waals surface area contributed by atoms with Crippen molar-refractivity contribution in [1.29, 1.82) is 0 Å². The standard InChI is InChI=1S/C14H16N2O2S/c1-12-7-9-15-11-14(12)16-19(17,18)10-8-13-5-3-2-4-6-13/h2-7,9,11,16H,8,10H2,1H3. The highest BCUT2D eigenvalue weighted by Crippen LogP contribution is 2.14. The monoisotopic (exact) mass is 276 g/mol. The fraction of sp³-hybridized carbons (Fsp3) is 0.214. The van der Waals surface area contributed by atoms with Crippen molar-refractivity contribution in [1.82, 2.24) is 4.98 Å². The Morgan fingerprint density at radius 3 is 2.58 bits per heavy atom. The van der Waals surface area contributed by atoms with E-state index in [4.69, 9.17) is 0 Å². The summed E-state index contributed by atoms with van der Waals surface area (Å²) in [6.07, 6.45) is 3.65. The minimum absolute atomic E-state index is 0.0609. The smallest absolute Gasteiger partial charge is 0.233 e. The van der Waals surface area contributed by atoms with E-state index >= 15 is 0 Å². The molecule has 0 radical (unpaired) electrons. The zero-order chi connectivity index (χ0) is 13.7. The highest BCUT2D eigenvalue weighted by atomic mass is 32.2. The molecular weight excluding hydrogens is 260 g/mol. The van der Waals surface area contributed by atoms with Gasteiger partial charge in [0, 0.05) is 6.20 Å². The number of nitrogens with one attached hydrogen (secondary N) is 1. The Bertz CT molecular complexity index is 640. The molecule has 4 nitrogen and oxygen atoms in total. The van der Waals surface area contributed by atoms with Gasteiger partial charge >= 0.3 is 0 Å². The molecule has 0 saturated heterocycles. The summed E-state index contributed by atoms with van der Waals surface area (Å²) < 4.78 is 26.5. The van der Waals surface area contributed by atoms with Crippen LogP contribution in [0.15, 0.2) is 48.8 Å². The van der Waals surface area contributed by atoms with Gasteiger partial charge in [-0.25, -0.2) is 8.42 Å². The number of hydrogen-bond donors (Lipinski definition) is 1. The summed E-state index contributed by atoms with van der Waals surface area (Å²) in [5.74, 6) is 0.0609. The van der Waals surface area contributed by atoms with Crippen LogP contribution in [-0.2, 0) is 16.4 Å². The van der Waals surface area contributed by atoms with E-state index in [0.717, 1.165) is 11.1 Å². The molecule has 1 aromatic heterocycles. The number of nitrogens with zero attached hydrogens (tertiary/aromatic N) is 1. The highest BCUT2D eigenvalue weighted by Gasteiger charge is 2.11. The minimum Gasteiger partial charge on any atom is -0.282 e. The normalized spacial score (nSPS) is 11.2. The van der Waals surface area contributed by atoms with E-state index in [-0.39, 0.29) is 5.75 Å². The Balaban J connectivity index is 2.02. The number of aryl methyl sites for hydroxylation is 2. The minimum atomic E-state index is -3.35. The molecule has 0 aliphatic carbocycles. The van der Waals surface area contributed by atoms with Gasteiger partial charge in [0.2, 0.25) is 10.0 Å². The van der Waals surface area contributed by atoms with Crippen LogP contribution in [0.5, 0.6) is 0 Å². The number of benzene rings is 1. The Hall–Kier alpha value is -1.88. The lowest BCUT2D eigenvalue weighted by Crippen LogP contribution is -2.18. The molecule has 100 valence electrons. The molecule has 0 amide bonds. The van der Waals surface area contributed by atoms with Crippen LogP contribution in [-0.4, -0.2) is 19.2 Å². The summed E-state index contributed by atoms with van der Waals surface area (Å²) in [6, 6.07) is 11.3. The molecule has 1 N–H and O–H groups in total. The lowest BCUT2D eigenvalue weighted by Gasteiger charge is -2.09. The zero-order valence-electron chi connectivity index (χ0n) is 10.7. The molecule has 0 saturated carbocycles. The lowest BCUT2D eigenvalue weighted by molar-refractivity contribution is 0.600. The second-order valence-corrected chi connectivity index (χ2v) is 6.19. The van der Waals surface area contributed by atoms with Crippen molar-refractivity contribution in [2.45, 2.75) is 13.3 Å². The van der Waals surface area contributed by atoms with E-state index in [1.54, 1.807) is 12.3 Å². The summed E-state index contributed by atoms with van der Waals surface area (Å²) in [5.41, 5.74) is 2.41. The van der Waals surface area contributed by atoms with E-state index in [1.807, 2.05) is 37.3 Å². The topological polar surface area (TPSA) is 59.1 Å². The summed E-state index contributed by atoms with van der Waals surface area (Å²) in [6.45, 7) is 1.84. The van der Waals surface area contributed by atoms with Crippen LogP contribution in [0.25, 0.3) is 0 Å². The predicted octanol–water partition coefficient (Wildman–Crippen LogP) is 2.37. The number of anilines is 1. The van der Waals surface area contributed by atoms with Gasteiger partial charge in [-0.05, 0) is 30.5 Å². The number of aromatic nitrogens is 1. The molecule has 2 aromatic rings. The molecule has 0 unspecified atom stereocenters. The second-order valence-electron chi connectivity index (χ2n) is 4.35. The van der Waals surface area contributed by atoms with Crippen molar-refractivity contribution in [2.24, 2.45) is 0 Å². The second kappa shape index (κ2) is 5.84. The van der Waals surface area contributed by atoms with E-state index < -0.39 is 10.0 Å². The molecule has 0 fully saturated rings. The fourth-order valence-electron chi connectivity index (χ4n) is 1.69. The van der Waals surface area contributed by atoms with Crippen molar-refractivity contribution >= 4 is 15.7 Å². The van der Waals surface area contributed by atoms with Crippen molar-refractivity contribution in [2.75, 3.05) is 10.5 Å². The maximum atomic E-state index is 12.0. The fourth-order valence-corrected chi connectivity index (χ4v) is 2.84. The maximum Gasteiger partial charge on any atom is 0.233 e. The van der Waals surface area contributed by atoms with Gasteiger partial charge in [-0.2, -0.15) is 0 Å². The van der Waals surface area contributed by atoms with Gasteiger partial charge < -0.3 is 0 Å². The summed E-state index contributed by atoms with van der Waals surface area (Å²) in [7, 11) is -3.35. The first-order chi connectivity index (χ1) is 9.07. The predicted molar refractivity (Wildman–Crippen MR) is 76.5 cm³/mol. The molecule has 1 aromatic carbocycles. The van der Waals surface area contributed by atoms with Crippen LogP contribution < -0.4 is 4.72 Å². The van der Waals surface area contributed by atoms with Gasteiger partial charge in [0.15, 0.2) is 0 Å². The molecule has 0 spiro atoms. The molecule has 2 rings (SSSR count).